The van der Waals surface area contributed by atoms with Crippen LogP contribution < -0.4 is 10.2 Å². The van der Waals surface area contributed by atoms with Crippen LogP contribution in [0.2, 0.25) is 0 Å². The third-order valence-corrected chi connectivity index (χ3v) is 3.08. The quantitative estimate of drug-likeness (QED) is 0.757. The Labute approximate surface area is 109 Å². The highest BCUT2D eigenvalue weighted by Gasteiger charge is 2.13. The second-order valence-electron chi connectivity index (χ2n) is 4.33. The molecule has 18 heavy (non-hydrogen) atoms. The van der Waals surface area contributed by atoms with Gasteiger partial charge in [-0.25, -0.2) is 4.39 Å². The van der Waals surface area contributed by atoms with Gasteiger partial charge in [0.2, 0.25) is 0 Å². The number of nitrogens with zero attached hydrogens (tertiary/aromatic N) is 1. The van der Waals surface area contributed by atoms with Gasteiger partial charge < -0.3 is 15.0 Å². The van der Waals surface area contributed by atoms with E-state index in [2.05, 4.69) is 10.2 Å². The largest absolute Gasteiger partial charge is 0.380 e. The summed E-state index contributed by atoms with van der Waals surface area (Å²) in [6, 6.07) is 5.03. The second-order valence-corrected chi connectivity index (χ2v) is 4.33. The normalized spacial score (nSPS) is 12.5. The average molecular weight is 254 g/mol. The van der Waals surface area contributed by atoms with Crippen molar-refractivity contribution in [3.8, 4) is 0 Å². The predicted molar refractivity (Wildman–Crippen MR) is 73.6 cm³/mol. The van der Waals surface area contributed by atoms with E-state index in [9.17, 15) is 4.39 Å². The summed E-state index contributed by atoms with van der Waals surface area (Å²) in [6.45, 7) is 6.19. The molecular weight excluding hydrogens is 231 g/mol. The van der Waals surface area contributed by atoms with Crippen molar-refractivity contribution in [1.29, 1.82) is 0 Å². The molecule has 1 N–H and O–H groups in total. The lowest BCUT2D eigenvalue weighted by Gasteiger charge is -2.25. The summed E-state index contributed by atoms with van der Waals surface area (Å²) in [5.41, 5.74) is 2.01. The summed E-state index contributed by atoms with van der Waals surface area (Å²) in [7, 11) is 3.87. The molecule has 0 aliphatic heterocycles. The minimum absolute atomic E-state index is 0.116. The van der Waals surface area contributed by atoms with Crippen molar-refractivity contribution in [3.63, 3.8) is 0 Å². The monoisotopic (exact) mass is 254 g/mol. The highest BCUT2D eigenvalue weighted by Crippen LogP contribution is 2.26. The Balaban J connectivity index is 2.85. The van der Waals surface area contributed by atoms with Gasteiger partial charge in [0, 0.05) is 31.9 Å². The minimum Gasteiger partial charge on any atom is -0.380 e. The Morgan fingerprint density at radius 1 is 1.44 bits per heavy atom. The number of hydrogen-bond acceptors (Lipinski definition) is 3. The Morgan fingerprint density at radius 3 is 2.78 bits per heavy atom. The van der Waals surface area contributed by atoms with Gasteiger partial charge in [0.25, 0.3) is 0 Å². The van der Waals surface area contributed by atoms with Crippen molar-refractivity contribution in [2.24, 2.45) is 0 Å². The van der Waals surface area contributed by atoms with E-state index in [-0.39, 0.29) is 11.9 Å². The molecule has 102 valence electrons. The first kappa shape index (κ1) is 14.9. The molecule has 0 bridgehead atoms. The van der Waals surface area contributed by atoms with E-state index in [1.54, 1.807) is 6.07 Å². The Hall–Kier alpha value is -1.13. The topological polar surface area (TPSA) is 24.5 Å². The van der Waals surface area contributed by atoms with Gasteiger partial charge in [0.1, 0.15) is 5.82 Å². The number of anilines is 1. The molecule has 0 aromatic heterocycles. The first-order chi connectivity index (χ1) is 8.60. The fourth-order valence-electron chi connectivity index (χ4n) is 1.84. The summed E-state index contributed by atoms with van der Waals surface area (Å²) in [5.74, 6) is -0.200. The van der Waals surface area contributed by atoms with E-state index in [0.717, 1.165) is 24.4 Å². The Kier molecular flexibility index (Phi) is 6.09. The minimum atomic E-state index is -0.200. The van der Waals surface area contributed by atoms with Crippen molar-refractivity contribution in [3.05, 3.63) is 29.6 Å². The summed E-state index contributed by atoms with van der Waals surface area (Å²) >= 11 is 0. The number of benzene rings is 1. The van der Waals surface area contributed by atoms with Gasteiger partial charge in [-0.15, -0.1) is 0 Å². The average Bonchev–Trinajstić information content (AvgIpc) is 2.37. The molecule has 3 nitrogen and oxygen atoms in total. The van der Waals surface area contributed by atoms with E-state index in [1.807, 2.05) is 34.0 Å². The van der Waals surface area contributed by atoms with Gasteiger partial charge >= 0.3 is 0 Å². The number of likely N-dealkylation sites (N-methyl/N-ethyl adjacent to an activating group) is 1. The molecule has 0 saturated carbocycles. The van der Waals surface area contributed by atoms with Crippen LogP contribution >= 0.6 is 0 Å². The third kappa shape index (κ3) is 3.96. The van der Waals surface area contributed by atoms with Crippen molar-refractivity contribution < 1.29 is 9.13 Å². The standard InChI is InChI=1S/C14H23FN2O/c1-5-18-9-8-17(4)14-7-6-12(15)10-13(14)11(2)16-3/h6-7,10-11,16H,5,8-9H2,1-4H3. The lowest BCUT2D eigenvalue weighted by atomic mass is 10.1. The van der Waals surface area contributed by atoms with Crippen LogP contribution in [0.4, 0.5) is 10.1 Å². The summed E-state index contributed by atoms with van der Waals surface area (Å²) < 4.78 is 18.7. The van der Waals surface area contributed by atoms with Crippen LogP contribution in [0.1, 0.15) is 25.5 Å². The van der Waals surface area contributed by atoms with Gasteiger partial charge in [0.15, 0.2) is 0 Å². The molecule has 1 aromatic carbocycles. The van der Waals surface area contributed by atoms with Crippen molar-refractivity contribution in [2.45, 2.75) is 19.9 Å². The molecule has 4 heteroatoms. The predicted octanol–water partition coefficient (Wildman–Crippen LogP) is 2.58. The fourth-order valence-corrected chi connectivity index (χ4v) is 1.84. The molecule has 0 fully saturated rings. The first-order valence-corrected chi connectivity index (χ1v) is 6.35. The van der Waals surface area contributed by atoms with Crippen LogP contribution in [0.25, 0.3) is 0 Å². The maximum absolute atomic E-state index is 13.3. The maximum atomic E-state index is 13.3. The van der Waals surface area contributed by atoms with E-state index >= 15 is 0 Å². The van der Waals surface area contributed by atoms with Crippen LogP contribution in [0.15, 0.2) is 18.2 Å². The van der Waals surface area contributed by atoms with Crippen LogP contribution in [-0.4, -0.2) is 33.9 Å². The molecule has 1 rings (SSSR count). The Morgan fingerprint density at radius 2 is 2.17 bits per heavy atom. The van der Waals surface area contributed by atoms with Crippen LogP contribution in [0.5, 0.6) is 0 Å². The molecule has 0 heterocycles. The lowest BCUT2D eigenvalue weighted by Crippen LogP contribution is -2.25. The molecule has 1 aromatic rings. The van der Waals surface area contributed by atoms with Crippen molar-refractivity contribution in [2.75, 3.05) is 38.8 Å². The van der Waals surface area contributed by atoms with E-state index in [4.69, 9.17) is 4.74 Å². The SMILES string of the molecule is CCOCCN(C)c1ccc(F)cc1C(C)NC. The fraction of sp³-hybridized carbons (Fsp3) is 0.571. The number of ether oxygens (including phenoxy) is 1. The van der Waals surface area contributed by atoms with Gasteiger partial charge in [-0.05, 0) is 44.7 Å². The third-order valence-electron chi connectivity index (χ3n) is 3.08. The zero-order chi connectivity index (χ0) is 13.5. The van der Waals surface area contributed by atoms with E-state index in [0.29, 0.717) is 6.61 Å². The highest BCUT2D eigenvalue weighted by molar-refractivity contribution is 5.54. The number of hydrogen-bond donors (Lipinski definition) is 1. The Bertz CT molecular complexity index is 371. The zero-order valence-electron chi connectivity index (χ0n) is 11.7. The molecule has 1 atom stereocenters. The molecule has 0 saturated heterocycles. The highest BCUT2D eigenvalue weighted by atomic mass is 19.1. The smallest absolute Gasteiger partial charge is 0.123 e. The number of rotatable bonds is 7. The first-order valence-electron chi connectivity index (χ1n) is 6.35. The number of halogens is 1. The summed E-state index contributed by atoms with van der Waals surface area (Å²) in [5, 5.41) is 3.15. The number of nitrogens with one attached hydrogen (secondary N) is 1. The molecule has 0 aliphatic carbocycles. The molecule has 0 amide bonds. The van der Waals surface area contributed by atoms with Crippen molar-refractivity contribution in [1.82, 2.24) is 5.32 Å². The molecule has 0 spiro atoms. The van der Waals surface area contributed by atoms with Crippen molar-refractivity contribution >= 4 is 5.69 Å². The lowest BCUT2D eigenvalue weighted by molar-refractivity contribution is 0.154. The van der Waals surface area contributed by atoms with Crippen LogP contribution in [0, 0.1) is 5.82 Å². The zero-order valence-corrected chi connectivity index (χ0v) is 11.7. The maximum Gasteiger partial charge on any atom is 0.123 e. The van der Waals surface area contributed by atoms with Gasteiger partial charge in [-0.2, -0.15) is 0 Å². The molecule has 0 radical (unpaired) electrons. The molecule has 0 aliphatic rings. The summed E-state index contributed by atoms with van der Waals surface area (Å²) in [4.78, 5) is 2.10. The second kappa shape index (κ2) is 7.34. The molecule has 1 unspecified atom stereocenters. The summed E-state index contributed by atoms with van der Waals surface area (Å²) in [6.07, 6.45) is 0. The van der Waals surface area contributed by atoms with Gasteiger partial charge in [-0.1, -0.05) is 0 Å². The van der Waals surface area contributed by atoms with Crippen LogP contribution in [0.3, 0.4) is 0 Å². The van der Waals surface area contributed by atoms with E-state index < -0.39 is 0 Å². The van der Waals surface area contributed by atoms with Gasteiger partial charge in [-0.3, -0.25) is 0 Å². The van der Waals surface area contributed by atoms with Gasteiger partial charge in [0.05, 0.1) is 6.61 Å². The van der Waals surface area contributed by atoms with Crippen LogP contribution in [-0.2, 0) is 4.74 Å². The van der Waals surface area contributed by atoms with E-state index in [1.165, 1.54) is 6.07 Å². The molecular formula is C14H23FN2O.